The fourth-order valence-electron chi connectivity index (χ4n) is 0.483. The second kappa shape index (κ2) is 2.64. The number of hydrogen-bond acceptors (Lipinski definition) is 3. The largest absolute Gasteiger partial charge is 0.381 e. The van der Waals surface area contributed by atoms with Crippen LogP contribution in [0.2, 0.25) is 10.3 Å². The Hall–Kier alpha value is -0.475. The minimum atomic E-state index is 0.164. The molecule has 0 aliphatic carbocycles. The van der Waals surface area contributed by atoms with Crippen LogP contribution in [0.15, 0.2) is 0 Å². The van der Waals surface area contributed by atoms with E-state index < -0.39 is 0 Å². The Labute approximate surface area is 69.0 Å². The normalized spacial score (nSPS) is 9.80. The Kier molecular flexibility index (Phi) is 2.01. The van der Waals surface area contributed by atoms with Gasteiger partial charge in [-0.25, -0.2) is 9.97 Å². The van der Waals surface area contributed by atoms with Gasteiger partial charge in [-0.1, -0.05) is 23.2 Å². The molecule has 0 fully saturated rings. The quantitative estimate of drug-likeness (QED) is 0.548. The van der Waals surface area contributed by atoms with Crippen molar-refractivity contribution in [3.63, 3.8) is 0 Å². The van der Waals surface area contributed by atoms with Gasteiger partial charge in [-0.2, -0.15) is 0 Å². The Bertz CT molecular complexity index is 215. The van der Waals surface area contributed by atoms with E-state index in [4.69, 9.17) is 28.9 Å². The van der Waals surface area contributed by atoms with Crippen molar-refractivity contribution in [2.75, 3.05) is 5.73 Å². The highest BCUT2D eigenvalue weighted by Gasteiger charge is 2.02. The van der Waals surface area contributed by atoms with E-state index in [0.29, 0.717) is 10.7 Å². The summed E-state index contributed by atoms with van der Waals surface area (Å²) in [7, 11) is 1.71. The number of nitrogens with zero attached hydrogens (tertiary/aromatic N) is 2. The zero-order valence-corrected chi connectivity index (χ0v) is 6.74. The molecule has 1 aromatic rings. The molecule has 10 heavy (non-hydrogen) atoms. The van der Waals surface area contributed by atoms with Crippen LogP contribution in [0.4, 0.5) is 5.82 Å². The topological polar surface area (TPSA) is 51.8 Å². The summed E-state index contributed by atoms with van der Waals surface area (Å²) < 4.78 is 0. The maximum Gasteiger partial charge on any atom is 0.170 e. The molecule has 0 bridgehead atoms. The zero-order valence-electron chi connectivity index (χ0n) is 5.23. The van der Waals surface area contributed by atoms with Gasteiger partial charge in [0.25, 0.3) is 0 Å². The number of rotatable bonds is 0. The van der Waals surface area contributed by atoms with Crippen LogP contribution < -0.4 is 11.3 Å². The molecule has 0 saturated heterocycles. The molecule has 0 atom stereocenters. The Morgan fingerprint density at radius 3 is 2.30 bits per heavy atom. The van der Waals surface area contributed by atoms with Crippen LogP contribution in [-0.2, 0) is 0 Å². The molecule has 3 nitrogen and oxygen atoms in total. The second-order valence-electron chi connectivity index (χ2n) is 1.78. The van der Waals surface area contributed by atoms with Crippen molar-refractivity contribution in [1.82, 2.24) is 9.97 Å². The van der Waals surface area contributed by atoms with Crippen molar-refractivity contribution in [3.8, 4) is 0 Å². The van der Waals surface area contributed by atoms with Crippen molar-refractivity contribution in [2.45, 2.75) is 0 Å². The molecule has 0 aliphatic heterocycles. The van der Waals surface area contributed by atoms with Gasteiger partial charge in [0.15, 0.2) is 18.8 Å². The lowest BCUT2D eigenvalue weighted by Gasteiger charge is -1.98. The number of anilines is 1. The first kappa shape index (κ1) is 7.63. The van der Waals surface area contributed by atoms with Gasteiger partial charge >= 0.3 is 0 Å². The molecule has 1 heterocycles. The average Bonchev–Trinajstić information content (AvgIpc) is 1.84. The first-order valence-corrected chi connectivity index (χ1v) is 3.32. The molecule has 0 amide bonds. The van der Waals surface area contributed by atoms with Crippen LogP contribution in [-0.4, -0.2) is 17.8 Å². The Morgan fingerprint density at radius 1 is 1.20 bits per heavy atom. The Balaban J connectivity index is 3.28. The molecular weight excluding hydrogens is 172 g/mol. The molecule has 1 rings (SSSR count). The molecule has 0 aromatic carbocycles. The summed E-state index contributed by atoms with van der Waals surface area (Å²) in [4.78, 5) is 7.54. The molecule has 6 heteroatoms. The van der Waals surface area contributed by atoms with Crippen LogP contribution in [0.3, 0.4) is 0 Å². The lowest BCUT2D eigenvalue weighted by molar-refractivity contribution is 1.25. The molecule has 0 radical (unpaired) electrons. The van der Waals surface area contributed by atoms with Crippen LogP contribution in [0.5, 0.6) is 0 Å². The van der Waals surface area contributed by atoms with Gasteiger partial charge in [-0.15, -0.1) is 0 Å². The van der Waals surface area contributed by atoms with E-state index in [2.05, 4.69) is 9.97 Å². The van der Waals surface area contributed by atoms with Gasteiger partial charge in [-0.3, -0.25) is 0 Å². The van der Waals surface area contributed by atoms with Gasteiger partial charge in [0.1, 0.15) is 5.15 Å². The predicted molar refractivity (Wildman–Crippen MR) is 44.6 cm³/mol. The fraction of sp³-hybridized carbons (Fsp3) is 0. The van der Waals surface area contributed by atoms with Crippen molar-refractivity contribution in [3.05, 3.63) is 10.3 Å². The van der Waals surface area contributed by atoms with Crippen molar-refractivity contribution in [2.24, 2.45) is 0 Å². The third kappa shape index (κ3) is 1.33. The standard InChI is InChI=1S/C4H4BCl2N3/c5-1-2(6)10-4(8)3(7)9-1/h5H2,(H2,8,10). The van der Waals surface area contributed by atoms with E-state index >= 15 is 0 Å². The van der Waals surface area contributed by atoms with E-state index in [0.717, 1.165) is 0 Å². The molecule has 1 aromatic heterocycles. The highest BCUT2D eigenvalue weighted by Crippen LogP contribution is 2.12. The summed E-state index contributed by atoms with van der Waals surface area (Å²) in [6.07, 6.45) is 0. The van der Waals surface area contributed by atoms with Crippen LogP contribution in [0.1, 0.15) is 0 Å². The molecule has 0 spiro atoms. The van der Waals surface area contributed by atoms with Crippen molar-refractivity contribution < 1.29 is 0 Å². The maximum atomic E-state index is 5.57. The molecule has 0 aliphatic rings. The van der Waals surface area contributed by atoms with E-state index in [1.807, 2.05) is 0 Å². The van der Waals surface area contributed by atoms with Crippen molar-refractivity contribution >= 4 is 42.5 Å². The van der Waals surface area contributed by atoms with Crippen LogP contribution >= 0.6 is 23.2 Å². The summed E-state index contributed by atoms with van der Waals surface area (Å²) in [6, 6.07) is 0. The van der Waals surface area contributed by atoms with E-state index in [-0.39, 0.29) is 11.0 Å². The lowest BCUT2D eigenvalue weighted by Crippen LogP contribution is -2.13. The van der Waals surface area contributed by atoms with Crippen LogP contribution in [0, 0.1) is 0 Å². The summed E-state index contributed by atoms with van der Waals surface area (Å²) in [5, 5.41) is 0.490. The SMILES string of the molecule is Bc1nc(Cl)c(N)nc1Cl. The molecule has 52 valence electrons. The number of halogens is 2. The highest BCUT2D eigenvalue weighted by atomic mass is 35.5. The average molecular weight is 176 g/mol. The minimum absolute atomic E-state index is 0.164. The third-order valence-corrected chi connectivity index (χ3v) is 1.63. The number of nitrogens with two attached hydrogens (primary N) is 1. The molecule has 2 N–H and O–H groups in total. The van der Waals surface area contributed by atoms with E-state index in [9.17, 15) is 0 Å². The third-order valence-electron chi connectivity index (χ3n) is 0.994. The van der Waals surface area contributed by atoms with Gasteiger partial charge in [0.2, 0.25) is 0 Å². The van der Waals surface area contributed by atoms with Gasteiger partial charge in [0.05, 0.1) is 0 Å². The molecule has 0 saturated carbocycles. The van der Waals surface area contributed by atoms with E-state index in [1.54, 1.807) is 7.85 Å². The second-order valence-corrected chi connectivity index (χ2v) is 2.49. The molecular formula is C4H4BCl2N3. The summed E-state index contributed by atoms with van der Waals surface area (Å²) in [5.41, 5.74) is 5.88. The minimum Gasteiger partial charge on any atom is -0.381 e. The number of hydrogen-bond donors (Lipinski definition) is 1. The highest BCUT2D eigenvalue weighted by molar-refractivity contribution is 6.44. The van der Waals surface area contributed by atoms with Crippen molar-refractivity contribution in [1.29, 1.82) is 0 Å². The fourth-order valence-corrected chi connectivity index (χ4v) is 0.786. The smallest absolute Gasteiger partial charge is 0.170 e. The van der Waals surface area contributed by atoms with Gasteiger partial charge < -0.3 is 5.73 Å². The number of aromatic nitrogens is 2. The molecule has 0 unspecified atom stereocenters. The zero-order chi connectivity index (χ0) is 7.72. The summed E-state index contributed by atoms with van der Waals surface area (Å²) in [6.45, 7) is 0. The van der Waals surface area contributed by atoms with Gasteiger partial charge in [0, 0.05) is 5.59 Å². The van der Waals surface area contributed by atoms with Crippen LogP contribution in [0.25, 0.3) is 0 Å². The van der Waals surface area contributed by atoms with Gasteiger partial charge in [-0.05, 0) is 0 Å². The summed E-state index contributed by atoms with van der Waals surface area (Å²) in [5.74, 6) is 0.164. The lowest BCUT2D eigenvalue weighted by atomic mass is 10.1. The summed E-state index contributed by atoms with van der Waals surface area (Å²) >= 11 is 11.1. The Morgan fingerprint density at radius 2 is 1.80 bits per heavy atom. The maximum absolute atomic E-state index is 5.57. The first-order valence-electron chi connectivity index (χ1n) is 2.56. The number of nitrogen functional groups attached to an aromatic ring is 1. The predicted octanol–water partition coefficient (Wildman–Crippen LogP) is -0.376. The first-order chi connectivity index (χ1) is 4.61. The monoisotopic (exact) mass is 175 g/mol. The van der Waals surface area contributed by atoms with E-state index in [1.165, 1.54) is 0 Å².